The molecular formula is C106H88N4O8. The molecule has 12 nitrogen and oxygen atoms in total. The summed E-state index contributed by atoms with van der Waals surface area (Å²) in [7, 11) is 0. The van der Waals surface area contributed by atoms with Crippen molar-refractivity contribution in [2.45, 2.75) is 63.7 Å². The van der Waals surface area contributed by atoms with E-state index in [1.165, 1.54) is 87.6 Å². The van der Waals surface area contributed by atoms with Crippen molar-refractivity contribution in [2.24, 2.45) is 0 Å². The molecular weight excluding hydrogens is 1460 g/mol. The first-order valence-electron chi connectivity index (χ1n) is 41.1. The summed E-state index contributed by atoms with van der Waals surface area (Å²) in [6.07, 6.45) is -1.47. The normalized spacial score (nSPS) is 16.1. The summed E-state index contributed by atoms with van der Waals surface area (Å²) >= 11 is 0. The summed E-state index contributed by atoms with van der Waals surface area (Å²) in [4.78, 5) is 9.55. The highest BCUT2D eigenvalue weighted by atomic mass is 16.7. The third kappa shape index (κ3) is 13.1. The highest BCUT2D eigenvalue weighted by molar-refractivity contribution is 6.04. The van der Waals surface area contributed by atoms with E-state index in [0.717, 1.165) is 90.5 Å². The van der Waals surface area contributed by atoms with Crippen LogP contribution in [-0.4, -0.2) is 52.9 Å². The fourth-order valence-electron chi connectivity index (χ4n) is 18.8. The second-order valence-electron chi connectivity index (χ2n) is 32.2. The quantitative estimate of drug-likeness (QED) is 0.0923. The predicted octanol–water partition coefficient (Wildman–Crippen LogP) is 26.7. The molecule has 0 aromatic heterocycles. The van der Waals surface area contributed by atoms with Crippen molar-refractivity contribution in [3.63, 3.8) is 0 Å². The first kappa shape index (κ1) is 73.1. The van der Waals surface area contributed by atoms with Crippen LogP contribution in [0.1, 0.15) is 97.4 Å². The van der Waals surface area contributed by atoms with Crippen molar-refractivity contribution in [1.82, 2.24) is 0 Å². The molecule has 118 heavy (non-hydrogen) atoms. The molecule has 0 radical (unpaired) electrons. The Morgan fingerprint density at radius 3 is 0.627 bits per heavy atom. The maximum atomic E-state index is 5.96. The number of rotatable bonds is 16. The Bertz CT molecular complexity index is 5730. The van der Waals surface area contributed by atoms with Crippen LogP contribution in [0.25, 0.3) is 65.3 Å². The molecule has 4 saturated heterocycles. The van der Waals surface area contributed by atoms with Crippen LogP contribution in [0.15, 0.2) is 340 Å². The highest BCUT2D eigenvalue weighted by Crippen LogP contribution is 2.57. The van der Waals surface area contributed by atoms with E-state index in [1.54, 1.807) is 0 Å². The van der Waals surface area contributed by atoms with Gasteiger partial charge in [-0.15, -0.1) is 0 Å². The Morgan fingerprint density at radius 2 is 0.398 bits per heavy atom. The number of benzene rings is 16. The number of anilines is 12. The van der Waals surface area contributed by atoms with E-state index in [4.69, 9.17) is 37.9 Å². The van der Waals surface area contributed by atoms with Gasteiger partial charge in [0.25, 0.3) is 0 Å². The zero-order valence-electron chi connectivity index (χ0n) is 66.4. The average Bonchev–Trinajstić information content (AvgIpc) is 1.57. The van der Waals surface area contributed by atoms with Crippen LogP contribution in [0.3, 0.4) is 0 Å². The van der Waals surface area contributed by atoms with Gasteiger partial charge in [-0.1, -0.05) is 246 Å². The number of fused-ring (bicyclic) bond motifs is 10. The Morgan fingerprint density at radius 1 is 0.203 bits per heavy atom. The zero-order chi connectivity index (χ0) is 79.0. The lowest BCUT2D eigenvalue weighted by Gasteiger charge is -2.30. The predicted molar refractivity (Wildman–Crippen MR) is 475 cm³/mol. The Labute approximate surface area is 687 Å². The topological polar surface area (TPSA) is 86.8 Å². The molecule has 580 valence electrons. The highest BCUT2D eigenvalue weighted by Gasteiger charge is 2.40. The van der Waals surface area contributed by atoms with Crippen molar-refractivity contribution < 1.29 is 37.9 Å². The fraction of sp³-hybridized carbons (Fsp3) is 0.170. The van der Waals surface area contributed by atoms with Crippen LogP contribution in [0.5, 0.6) is 0 Å². The van der Waals surface area contributed by atoms with Crippen LogP contribution in [0.2, 0.25) is 0 Å². The third-order valence-electron chi connectivity index (χ3n) is 24.4. The summed E-state index contributed by atoms with van der Waals surface area (Å²) < 4.78 is 47.7. The number of hydrogen-bond acceptors (Lipinski definition) is 12. The average molecular weight is 1550 g/mol. The van der Waals surface area contributed by atoms with Crippen molar-refractivity contribution in [2.75, 3.05) is 72.5 Å². The second kappa shape index (κ2) is 30.5. The van der Waals surface area contributed by atoms with Crippen molar-refractivity contribution in [3.05, 3.63) is 384 Å². The number of hydrogen-bond donors (Lipinski definition) is 0. The van der Waals surface area contributed by atoms with Crippen molar-refractivity contribution in [1.29, 1.82) is 0 Å². The fourth-order valence-corrected chi connectivity index (χ4v) is 18.8. The van der Waals surface area contributed by atoms with Gasteiger partial charge in [-0.25, -0.2) is 0 Å². The van der Waals surface area contributed by atoms with Gasteiger partial charge < -0.3 is 57.5 Å². The smallest absolute Gasteiger partial charge is 0.184 e. The minimum Gasteiger partial charge on any atom is -0.346 e. The lowest BCUT2D eigenvalue weighted by molar-refractivity contribution is -0.0442. The van der Waals surface area contributed by atoms with Crippen LogP contribution in [0.4, 0.5) is 68.2 Å². The van der Waals surface area contributed by atoms with Crippen LogP contribution < -0.4 is 19.6 Å². The summed E-state index contributed by atoms with van der Waals surface area (Å²) in [5, 5.41) is 9.52. The van der Waals surface area contributed by atoms with Gasteiger partial charge in [0.05, 0.1) is 75.6 Å². The molecule has 0 spiro atoms. The van der Waals surface area contributed by atoms with E-state index in [-0.39, 0.29) is 36.0 Å². The van der Waals surface area contributed by atoms with E-state index in [1.807, 2.05) is 0 Å². The molecule has 22 rings (SSSR count). The molecule has 16 aromatic rings. The van der Waals surface area contributed by atoms with E-state index in [9.17, 15) is 0 Å². The lowest BCUT2D eigenvalue weighted by atomic mass is 9.82. The van der Waals surface area contributed by atoms with Gasteiger partial charge in [-0.3, -0.25) is 0 Å². The molecule has 4 heterocycles. The Balaban J connectivity index is 0.000000147. The molecule has 2 aliphatic carbocycles. The number of ether oxygens (including phenoxy) is 8. The first-order chi connectivity index (χ1) is 58.0. The molecule has 0 atom stereocenters. The Kier molecular flexibility index (Phi) is 18.9. The standard InChI is InChI=1S/2C53H44N2O4/c2*1-53(2)47-33-41(54(49-21-9-13-35-11-3-5-19-43(35)49)39-17-7-15-37(31-39)51-56-27-28-57-51)23-25-45(47)46-26-24-42(34-48(46)53)55(50-22-10-14-36-12-4-6-20-44(36)50)40-18-8-16-38(32-40)52-58-29-30-59-52/h2*3-26,31-34,51-52H,27-30H2,1-2H3. The summed E-state index contributed by atoms with van der Waals surface area (Å²) in [5.74, 6) is 0. The minimum atomic E-state index is -0.368. The van der Waals surface area contributed by atoms with E-state index in [2.05, 4.69) is 387 Å². The SMILES string of the molecule is CC1(C)c2cc(N(c3cccc(C4OCCO4)c3)c3cccc4ccccc34)ccc2-c2ccc(N(c3cccc(C4OCCO4)c3)c3cccc4ccccc34)cc21.CC1(C)c2cc(N(c3cccc(C4OCCO4)c3)c3cccc4ccccc34)ccc2-c2ccc(N(c3cccc(C4OCCO4)c3)c3cccc4ccccc34)cc21. The first-order valence-corrected chi connectivity index (χ1v) is 41.1. The Hall–Kier alpha value is -12.6. The molecule has 0 unspecified atom stereocenters. The van der Waals surface area contributed by atoms with Gasteiger partial charge in [0, 0.05) is 100 Å². The van der Waals surface area contributed by atoms with Crippen molar-refractivity contribution >= 4 is 111 Å². The molecule has 16 aromatic carbocycles. The molecule has 6 aliphatic rings. The maximum absolute atomic E-state index is 5.96. The lowest BCUT2D eigenvalue weighted by Crippen LogP contribution is -2.18. The molecule has 4 aliphatic heterocycles. The van der Waals surface area contributed by atoms with Gasteiger partial charge >= 0.3 is 0 Å². The number of nitrogens with zero attached hydrogens (tertiary/aromatic N) is 4. The minimum absolute atomic E-state index is 0.299. The van der Waals surface area contributed by atoms with E-state index < -0.39 is 0 Å². The molecule has 0 saturated carbocycles. The van der Waals surface area contributed by atoms with Crippen LogP contribution in [0, 0.1) is 0 Å². The van der Waals surface area contributed by atoms with Crippen LogP contribution >= 0.6 is 0 Å². The van der Waals surface area contributed by atoms with E-state index in [0.29, 0.717) is 52.9 Å². The molecule has 4 fully saturated rings. The van der Waals surface area contributed by atoms with Crippen molar-refractivity contribution in [3.8, 4) is 22.3 Å². The van der Waals surface area contributed by atoms with Gasteiger partial charge in [0.15, 0.2) is 25.2 Å². The second-order valence-corrected chi connectivity index (χ2v) is 32.2. The summed E-state index contributed by atoms with van der Waals surface area (Å²) in [6, 6.07) is 123. The summed E-state index contributed by atoms with van der Waals surface area (Å²) in [5.41, 5.74) is 26.7. The van der Waals surface area contributed by atoms with Crippen LogP contribution in [-0.2, 0) is 48.7 Å². The van der Waals surface area contributed by atoms with Gasteiger partial charge in [0.2, 0.25) is 0 Å². The summed E-state index contributed by atoms with van der Waals surface area (Å²) in [6.45, 7) is 14.2. The maximum Gasteiger partial charge on any atom is 0.184 e. The zero-order valence-corrected chi connectivity index (χ0v) is 66.4. The third-order valence-corrected chi connectivity index (χ3v) is 24.4. The molecule has 0 bridgehead atoms. The monoisotopic (exact) mass is 1540 g/mol. The molecule has 0 N–H and O–H groups in total. The van der Waals surface area contributed by atoms with Gasteiger partial charge in [-0.2, -0.15) is 0 Å². The molecule has 0 amide bonds. The molecule has 12 heteroatoms. The largest absolute Gasteiger partial charge is 0.346 e. The van der Waals surface area contributed by atoms with Gasteiger partial charge in [-0.05, 0) is 187 Å². The van der Waals surface area contributed by atoms with Gasteiger partial charge in [0.1, 0.15) is 0 Å². The van der Waals surface area contributed by atoms with E-state index >= 15 is 0 Å².